The fourth-order valence-electron chi connectivity index (χ4n) is 3.30. The third-order valence-corrected chi connectivity index (χ3v) is 5.14. The Balaban J connectivity index is 1.51. The summed E-state index contributed by atoms with van der Waals surface area (Å²) in [6, 6.07) is 22.8. The topological polar surface area (TPSA) is 129 Å². The maximum atomic E-state index is 12.4. The highest BCUT2D eigenvalue weighted by Crippen LogP contribution is 2.28. The summed E-state index contributed by atoms with van der Waals surface area (Å²) in [5.74, 6) is 0.181. The zero-order valence-corrected chi connectivity index (χ0v) is 19.5. The molecule has 0 spiro atoms. The number of esters is 1. The van der Waals surface area contributed by atoms with Crippen LogP contribution in [0.3, 0.4) is 0 Å². The van der Waals surface area contributed by atoms with Crippen molar-refractivity contribution in [1.82, 2.24) is 9.97 Å². The van der Waals surface area contributed by atoms with E-state index in [9.17, 15) is 14.9 Å². The third-order valence-electron chi connectivity index (χ3n) is 5.14. The summed E-state index contributed by atoms with van der Waals surface area (Å²) < 4.78 is 10.8. The number of nitrogens with one attached hydrogen (secondary N) is 2. The molecular formula is C27H21N5O4. The van der Waals surface area contributed by atoms with E-state index >= 15 is 0 Å². The molecular weight excluding hydrogens is 458 g/mol. The van der Waals surface area contributed by atoms with Gasteiger partial charge in [-0.2, -0.15) is 10.4 Å². The normalized spacial score (nSPS) is 10.6. The Bertz CT molecular complexity index is 1520. The lowest BCUT2D eigenvalue weighted by Gasteiger charge is -2.10. The Hall–Kier alpha value is -5.23. The minimum absolute atomic E-state index is 0.0738. The van der Waals surface area contributed by atoms with Gasteiger partial charge in [-0.15, -0.1) is 0 Å². The predicted octanol–water partition coefficient (Wildman–Crippen LogP) is 4.29. The van der Waals surface area contributed by atoms with Crippen LogP contribution < -0.4 is 20.5 Å². The summed E-state index contributed by atoms with van der Waals surface area (Å²) in [5, 5.41) is 13.5. The van der Waals surface area contributed by atoms with E-state index in [1.165, 1.54) is 13.3 Å². The second kappa shape index (κ2) is 10.8. The predicted molar refractivity (Wildman–Crippen MR) is 135 cm³/mol. The minimum Gasteiger partial charge on any atom is -0.493 e. The van der Waals surface area contributed by atoms with E-state index in [-0.39, 0.29) is 23.0 Å². The van der Waals surface area contributed by atoms with Crippen molar-refractivity contribution in [3.8, 4) is 28.8 Å². The molecule has 0 amide bonds. The van der Waals surface area contributed by atoms with Crippen molar-refractivity contribution in [2.24, 2.45) is 5.10 Å². The number of hydrogen-bond acceptors (Lipinski definition) is 8. The zero-order chi connectivity index (χ0) is 25.5. The highest BCUT2D eigenvalue weighted by atomic mass is 16.6. The maximum Gasteiger partial charge on any atom is 0.343 e. The monoisotopic (exact) mass is 479 g/mol. The lowest BCUT2D eigenvalue weighted by atomic mass is 10.1. The molecule has 3 aromatic carbocycles. The molecule has 0 aliphatic heterocycles. The first kappa shape index (κ1) is 23.9. The molecule has 0 saturated carbocycles. The first-order valence-electron chi connectivity index (χ1n) is 10.8. The molecule has 1 aromatic heterocycles. The lowest BCUT2D eigenvalue weighted by Crippen LogP contribution is -2.16. The van der Waals surface area contributed by atoms with E-state index in [1.54, 1.807) is 54.6 Å². The van der Waals surface area contributed by atoms with Crippen LogP contribution in [-0.2, 0) is 0 Å². The van der Waals surface area contributed by atoms with Crippen LogP contribution in [0, 0.1) is 18.3 Å². The van der Waals surface area contributed by atoms with Crippen molar-refractivity contribution in [3.05, 3.63) is 105 Å². The Morgan fingerprint density at radius 3 is 2.53 bits per heavy atom. The van der Waals surface area contributed by atoms with E-state index in [2.05, 4.69) is 20.5 Å². The largest absolute Gasteiger partial charge is 0.493 e. The first-order valence-corrected chi connectivity index (χ1v) is 10.8. The van der Waals surface area contributed by atoms with Crippen molar-refractivity contribution in [2.75, 3.05) is 12.5 Å². The van der Waals surface area contributed by atoms with Crippen LogP contribution in [-0.4, -0.2) is 29.3 Å². The van der Waals surface area contributed by atoms with E-state index in [0.717, 1.165) is 5.56 Å². The molecule has 36 heavy (non-hydrogen) atoms. The summed E-state index contributed by atoms with van der Waals surface area (Å²) in [4.78, 5) is 31.6. The number of rotatable bonds is 7. The standard InChI is InChI=1S/C27H21N5O4/c1-17-8-11-20(12-9-17)26(34)36-22-13-10-18(14-23(22)35-2)16-29-32-27-30-24(19-6-4-3-5-7-19)21(15-28)25(33)31-27/h3-14,16H,1-2H3,(H2,30,31,32,33). The Morgan fingerprint density at radius 2 is 1.83 bits per heavy atom. The molecule has 1 heterocycles. The Morgan fingerprint density at radius 1 is 1.08 bits per heavy atom. The molecule has 178 valence electrons. The number of hydrazone groups is 1. The molecule has 9 heteroatoms. The van der Waals surface area contributed by atoms with Crippen LogP contribution >= 0.6 is 0 Å². The van der Waals surface area contributed by atoms with Crippen LogP contribution in [0.2, 0.25) is 0 Å². The number of hydrogen-bond donors (Lipinski definition) is 2. The maximum absolute atomic E-state index is 12.4. The summed E-state index contributed by atoms with van der Waals surface area (Å²) >= 11 is 0. The Kier molecular flexibility index (Phi) is 7.17. The van der Waals surface area contributed by atoms with Crippen molar-refractivity contribution in [2.45, 2.75) is 6.92 Å². The van der Waals surface area contributed by atoms with Gasteiger partial charge in [0.2, 0.25) is 5.95 Å². The average Bonchev–Trinajstić information content (AvgIpc) is 2.90. The number of nitriles is 1. The molecule has 0 saturated heterocycles. The first-order chi connectivity index (χ1) is 17.5. The van der Waals surface area contributed by atoms with Crippen LogP contribution in [0.5, 0.6) is 11.5 Å². The Labute approximate surface area is 206 Å². The van der Waals surface area contributed by atoms with Gasteiger partial charge in [-0.1, -0.05) is 48.0 Å². The number of anilines is 1. The lowest BCUT2D eigenvalue weighted by molar-refractivity contribution is 0.0729. The molecule has 0 unspecified atom stereocenters. The number of aromatic amines is 1. The average molecular weight is 479 g/mol. The number of aryl methyl sites for hydroxylation is 1. The number of carbonyl (C=O) groups is 1. The number of nitrogens with zero attached hydrogens (tertiary/aromatic N) is 3. The van der Waals surface area contributed by atoms with E-state index in [1.807, 2.05) is 31.2 Å². The molecule has 0 radical (unpaired) electrons. The van der Waals surface area contributed by atoms with Gasteiger partial charge in [-0.25, -0.2) is 15.2 Å². The van der Waals surface area contributed by atoms with E-state index in [0.29, 0.717) is 22.4 Å². The van der Waals surface area contributed by atoms with Crippen LogP contribution in [0.4, 0.5) is 5.95 Å². The highest BCUT2D eigenvalue weighted by Gasteiger charge is 2.14. The minimum atomic E-state index is -0.578. The second-order valence-corrected chi connectivity index (χ2v) is 7.65. The molecule has 4 aromatic rings. The van der Waals surface area contributed by atoms with Crippen molar-refractivity contribution in [1.29, 1.82) is 5.26 Å². The van der Waals surface area contributed by atoms with Gasteiger partial charge in [0.15, 0.2) is 11.5 Å². The van der Waals surface area contributed by atoms with E-state index < -0.39 is 11.5 Å². The molecule has 0 aliphatic rings. The number of ether oxygens (including phenoxy) is 2. The summed E-state index contributed by atoms with van der Waals surface area (Å²) in [5.41, 5.74) is 4.99. The quantitative estimate of drug-likeness (QED) is 0.175. The van der Waals surface area contributed by atoms with Gasteiger partial charge in [0.05, 0.1) is 24.6 Å². The number of aromatic nitrogens is 2. The fourth-order valence-corrected chi connectivity index (χ4v) is 3.30. The van der Waals surface area contributed by atoms with Crippen LogP contribution in [0.15, 0.2) is 82.7 Å². The van der Waals surface area contributed by atoms with Crippen molar-refractivity contribution >= 4 is 18.1 Å². The summed E-state index contributed by atoms with van der Waals surface area (Å²) in [7, 11) is 1.47. The molecule has 0 fully saturated rings. The van der Waals surface area contributed by atoms with Crippen molar-refractivity contribution in [3.63, 3.8) is 0 Å². The number of carbonyl (C=O) groups excluding carboxylic acids is 1. The SMILES string of the molecule is COc1cc(C=NNc2nc(-c3ccccc3)c(C#N)c(=O)[nH]2)ccc1OC(=O)c1ccc(C)cc1. The molecule has 0 bridgehead atoms. The van der Waals surface area contributed by atoms with Gasteiger partial charge in [0.25, 0.3) is 5.56 Å². The fraction of sp³-hybridized carbons (Fsp3) is 0.0741. The van der Waals surface area contributed by atoms with Gasteiger partial charge >= 0.3 is 5.97 Å². The summed E-state index contributed by atoms with van der Waals surface area (Å²) in [6.45, 7) is 1.94. The third kappa shape index (κ3) is 5.46. The van der Waals surface area contributed by atoms with Gasteiger partial charge in [0, 0.05) is 5.56 Å². The molecule has 0 aliphatic carbocycles. The number of benzene rings is 3. The van der Waals surface area contributed by atoms with Gasteiger partial charge in [-0.05, 0) is 42.8 Å². The van der Waals surface area contributed by atoms with Gasteiger partial charge < -0.3 is 9.47 Å². The molecule has 2 N–H and O–H groups in total. The van der Waals surface area contributed by atoms with Gasteiger partial charge in [-0.3, -0.25) is 9.78 Å². The summed E-state index contributed by atoms with van der Waals surface area (Å²) in [6.07, 6.45) is 1.48. The second-order valence-electron chi connectivity index (χ2n) is 7.65. The smallest absolute Gasteiger partial charge is 0.343 e. The molecule has 0 atom stereocenters. The molecule has 9 nitrogen and oxygen atoms in total. The highest BCUT2D eigenvalue weighted by molar-refractivity contribution is 5.91. The zero-order valence-electron chi connectivity index (χ0n) is 19.5. The van der Waals surface area contributed by atoms with Crippen molar-refractivity contribution < 1.29 is 14.3 Å². The van der Waals surface area contributed by atoms with Gasteiger partial charge in [0.1, 0.15) is 11.6 Å². The van der Waals surface area contributed by atoms with Crippen LogP contribution in [0.25, 0.3) is 11.3 Å². The number of methoxy groups -OCH3 is 1. The van der Waals surface area contributed by atoms with Crippen LogP contribution in [0.1, 0.15) is 27.0 Å². The number of H-pyrrole nitrogens is 1. The molecule has 4 rings (SSSR count). The van der Waals surface area contributed by atoms with E-state index in [4.69, 9.17) is 9.47 Å².